The van der Waals surface area contributed by atoms with Gasteiger partial charge in [0, 0.05) is 16.1 Å². The van der Waals surface area contributed by atoms with Gasteiger partial charge in [0.05, 0.1) is 12.3 Å². The quantitative estimate of drug-likeness (QED) is 0.266. The van der Waals surface area contributed by atoms with Crippen LogP contribution in [0.2, 0.25) is 5.02 Å². The number of aliphatic hydroxyl groups is 1. The Balaban J connectivity index is 1.39. The molecule has 2 aliphatic rings. The molecule has 2 aliphatic heterocycles. The molecule has 0 spiro atoms. The Kier molecular flexibility index (Phi) is 5.95. The highest BCUT2D eigenvalue weighted by atomic mass is 35.5. The number of H-pyrrole nitrogens is 1. The molecule has 39 heavy (non-hydrogen) atoms. The smallest absolute Gasteiger partial charge is 0.386 e. The fraction of sp³-hybridized carbons (Fsp3) is 0.208. The summed E-state index contributed by atoms with van der Waals surface area (Å²) in [5.74, 6) is 0.264. The zero-order valence-electron chi connectivity index (χ0n) is 19.7. The van der Waals surface area contributed by atoms with Crippen LogP contribution in [-0.4, -0.2) is 58.8 Å². The summed E-state index contributed by atoms with van der Waals surface area (Å²) in [5.41, 5.74) is 1.34. The summed E-state index contributed by atoms with van der Waals surface area (Å²) >= 11 is 7.26. The Morgan fingerprint density at radius 1 is 1.13 bits per heavy atom. The summed E-state index contributed by atoms with van der Waals surface area (Å²) in [6, 6.07) is 16.5. The van der Waals surface area contributed by atoms with Crippen molar-refractivity contribution in [2.24, 2.45) is 0 Å². The first kappa shape index (κ1) is 25.0. The van der Waals surface area contributed by atoms with Crippen LogP contribution in [0, 0.1) is 0 Å². The Labute approximate surface area is 228 Å². The number of halogens is 1. The number of benzene rings is 2. The Morgan fingerprint density at radius 3 is 2.67 bits per heavy atom. The van der Waals surface area contributed by atoms with Crippen LogP contribution in [0.1, 0.15) is 6.23 Å². The molecule has 3 N–H and O–H groups in total. The second-order valence-corrected chi connectivity index (χ2v) is 11.9. The van der Waals surface area contributed by atoms with Gasteiger partial charge in [0.15, 0.2) is 22.5 Å². The largest absolute Gasteiger partial charge is 0.472 e. The van der Waals surface area contributed by atoms with E-state index in [4.69, 9.17) is 30.4 Å². The number of nitrogens with zero attached hydrogens (tertiary/aromatic N) is 4. The summed E-state index contributed by atoms with van der Waals surface area (Å²) in [6.45, 7) is -0.254. The Bertz CT molecular complexity index is 1830. The second-order valence-electron chi connectivity index (χ2n) is 9.03. The lowest BCUT2D eigenvalue weighted by molar-refractivity contribution is -0.0684. The van der Waals surface area contributed by atoms with Gasteiger partial charge in [0.25, 0.3) is 5.56 Å². The van der Waals surface area contributed by atoms with Crippen LogP contribution in [0.15, 0.2) is 75.6 Å². The van der Waals surface area contributed by atoms with E-state index in [2.05, 4.69) is 9.97 Å². The van der Waals surface area contributed by atoms with E-state index in [-0.39, 0.29) is 23.5 Å². The molecule has 15 heteroatoms. The van der Waals surface area contributed by atoms with Crippen LogP contribution in [-0.2, 0) is 18.3 Å². The minimum Gasteiger partial charge on any atom is -0.386 e. The third-order valence-corrected chi connectivity index (χ3v) is 8.76. The third kappa shape index (κ3) is 4.31. The van der Waals surface area contributed by atoms with Gasteiger partial charge in [0.1, 0.15) is 18.3 Å². The monoisotopic (exact) mass is 587 g/mol. The van der Waals surface area contributed by atoms with E-state index in [1.54, 1.807) is 30.5 Å². The minimum atomic E-state index is -4.34. The number of imidazole rings is 2. The summed E-state index contributed by atoms with van der Waals surface area (Å²) in [4.78, 5) is 36.6. The van der Waals surface area contributed by atoms with Gasteiger partial charge in [-0.2, -0.15) is 4.98 Å². The van der Waals surface area contributed by atoms with Gasteiger partial charge in [-0.05, 0) is 29.8 Å². The fourth-order valence-electron chi connectivity index (χ4n) is 4.73. The number of hydrogen-bond acceptors (Lipinski definition) is 9. The zero-order chi connectivity index (χ0) is 26.9. The number of fused-ring (bicyclic) bond motifs is 3. The van der Waals surface area contributed by atoms with E-state index < -0.39 is 37.9 Å². The van der Waals surface area contributed by atoms with Gasteiger partial charge in [-0.15, -0.1) is 0 Å². The van der Waals surface area contributed by atoms with Crippen molar-refractivity contribution in [1.29, 1.82) is 0 Å². The molecular formula is C24H19ClN5O7PS. The average Bonchev–Trinajstić information content (AvgIpc) is 3.60. The van der Waals surface area contributed by atoms with Crippen LogP contribution in [0.25, 0.3) is 28.2 Å². The molecule has 200 valence electrons. The number of ether oxygens (including phenoxy) is 1. The first-order chi connectivity index (χ1) is 18.8. The van der Waals surface area contributed by atoms with Gasteiger partial charge in [-0.25, -0.2) is 13.9 Å². The molecule has 2 aromatic carbocycles. The van der Waals surface area contributed by atoms with Gasteiger partial charge in [0.2, 0.25) is 5.78 Å². The Hall–Kier alpha value is -3.00. The van der Waals surface area contributed by atoms with Crippen molar-refractivity contribution in [3.05, 3.63) is 76.2 Å². The van der Waals surface area contributed by atoms with E-state index in [0.29, 0.717) is 15.9 Å². The van der Waals surface area contributed by atoms with Crippen molar-refractivity contribution >= 4 is 48.1 Å². The first-order valence-electron chi connectivity index (χ1n) is 11.8. The van der Waals surface area contributed by atoms with E-state index in [9.17, 15) is 19.4 Å². The van der Waals surface area contributed by atoms with Gasteiger partial charge in [-0.1, -0.05) is 53.7 Å². The number of aromatic nitrogens is 5. The maximum absolute atomic E-state index is 13.6. The Morgan fingerprint density at radius 2 is 1.90 bits per heavy atom. The molecular weight excluding hydrogens is 569 g/mol. The second kappa shape index (κ2) is 9.29. The van der Waals surface area contributed by atoms with Crippen LogP contribution < -0.4 is 5.56 Å². The molecule has 3 aromatic heterocycles. The van der Waals surface area contributed by atoms with Crippen molar-refractivity contribution in [2.45, 2.75) is 34.6 Å². The summed E-state index contributed by atoms with van der Waals surface area (Å²) in [5, 5.41) is 12.0. The number of nitrogens with one attached hydrogen (secondary N) is 1. The maximum Gasteiger partial charge on any atom is 0.472 e. The predicted molar refractivity (Wildman–Crippen MR) is 141 cm³/mol. The molecule has 5 heterocycles. The normalized spacial score (nSPS) is 26.8. The van der Waals surface area contributed by atoms with Crippen molar-refractivity contribution in [1.82, 2.24) is 23.9 Å². The number of aliphatic hydroxyl groups excluding tert-OH is 1. The highest BCUT2D eigenvalue weighted by Gasteiger charge is 2.53. The lowest BCUT2D eigenvalue weighted by atomic mass is 10.1. The molecule has 5 aromatic rings. The molecule has 0 saturated carbocycles. The lowest BCUT2D eigenvalue weighted by Gasteiger charge is -2.27. The number of phosphoric ester groups is 1. The standard InChI is InChI=1S/C24H19ClN5O7PS/c25-13-6-8-14(9-7-13)39-24-27-17-20(30(24)22-18(31)19-16(36-22)11-35-38(33,34)37-19)28-23-26-15(10-29(23)21(17)32)12-4-2-1-3-5-12/h1-10,16,18-19,22,31H,11H2,(H,26,28)(H,33,34)/t16-,18-,19-,22-/m1/s1. The molecule has 1 unspecified atom stereocenters. The van der Waals surface area contributed by atoms with Crippen molar-refractivity contribution in [2.75, 3.05) is 6.61 Å². The lowest BCUT2D eigenvalue weighted by Crippen LogP contribution is -2.39. The molecule has 7 rings (SSSR count). The minimum absolute atomic E-state index is 0.0539. The maximum atomic E-state index is 13.6. The highest BCUT2D eigenvalue weighted by molar-refractivity contribution is 7.99. The summed E-state index contributed by atoms with van der Waals surface area (Å²) in [7, 11) is -4.34. The van der Waals surface area contributed by atoms with Crippen molar-refractivity contribution < 1.29 is 28.3 Å². The first-order valence-corrected chi connectivity index (χ1v) is 14.5. The molecule has 2 saturated heterocycles. The summed E-state index contributed by atoms with van der Waals surface area (Å²) < 4.78 is 31.0. The van der Waals surface area contributed by atoms with E-state index in [1.165, 1.54) is 20.7 Å². The van der Waals surface area contributed by atoms with E-state index in [0.717, 1.165) is 10.5 Å². The van der Waals surface area contributed by atoms with Crippen LogP contribution in [0.5, 0.6) is 0 Å². The zero-order valence-corrected chi connectivity index (χ0v) is 22.2. The molecule has 0 aliphatic carbocycles. The average molecular weight is 588 g/mol. The number of rotatable bonds is 4. The van der Waals surface area contributed by atoms with E-state index >= 15 is 0 Å². The highest BCUT2D eigenvalue weighted by Crippen LogP contribution is 2.53. The third-order valence-electron chi connectivity index (χ3n) is 6.55. The number of aromatic amines is 1. The molecule has 2 fully saturated rings. The fourth-order valence-corrected chi connectivity index (χ4v) is 6.73. The van der Waals surface area contributed by atoms with Gasteiger partial charge < -0.3 is 19.7 Å². The predicted octanol–water partition coefficient (Wildman–Crippen LogP) is 3.62. The topological polar surface area (TPSA) is 153 Å². The number of phosphoric acid groups is 1. The van der Waals surface area contributed by atoms with E-state index in [1.807, 2.05) is 30.3 Å². The molecule has 0 amide bonds. The van der Waals surface area contributed by atoms with Crippen LogP contribution >= 0.6 is 31.2 Å². The molecule has 0 bridgehead atoms. The molecule has 12 nitrogen and oxygen atoms in total. The molecule has 5 atom stereocenters. The number of hydrogen-bond donors (Lipinski definition) is 3. The van der Waals surface area contributed by atoms with Crippen LogP contribution in [0.4, 0.5) is 0 Å². The van der Waals surface area contributed by atoms with Gasteiger partial charge >= 0.3 is 7.82 Å². The summed E-state index contributed by atoms with van der Waals surface area (Å²) in [6.07, 6.45) is -2.83. The van der Waals surface area contributed by atoms with Crippen molar-refractivity contribution in [3.63, 3.8) is 0 Å². The SMILES string of the molecule is O=c1c2nc(Sc3ccc(Cl)cc3)n([C@@H]3O[C@@H]4COP(=O)(O)O[C@H]4[C@H]3O)c2nc2[nH]c(-c3ccccc3)cn12. The van der Waals surface area contributed by atoms with Gasteiger partial charge in [-0.3, -0.25) is 18.4 Å². The molecule has 0 radical (unpaired) electrons. The van der Waals surface area contributed by atoms with Crippen LogP contribution in [0.3, 0.4) is 0 Å². The van der Waals surface area contributed by atoms with Crippen molar-refractivity contribution in [3.8, 4) is 11.3 Å².